The second-order valence-electron chi connectivity index (χ2n) is 5.09. The standard InChI is InChI=1S/C14H20N4O3/c1-9-13(10(2)17-8-16-9)14(20)15-6-12-7-18(11(3)19)4-5-21-12/h8,12H,4-7H2,1-3H3,(H,15,20)/t12-/m1/s1. The van der Waals surface area contributed by atoms with Crippen LogP contribution < -0.4 is 5.32 Å². The zero-order chi connectivity index (χ0) is 15.4. The van der Waals surface area contributed by atoms with Gasteiger partial charge in [-0.05, 0) is 13.8 Å². The van der Waals surface area contributed by atoms with Gasteiger partial charge in [-0.2, -0.15) is 0 Å². The van der Waals surface area contributed by atoms with Gasteiger partial charge in [0.2, 0.25) is 5.91 Å². The fourth-order valence-electron chi connectivity index (χ4n) is 2.35. The first-order valence-corrected chi connectivity index (χ1v) is 6.92. The highest BCUT2D eigenvalue weighted by molar-refractivity contribution is 5.96. The molecule has 0 unspecified atom stereocenters. The summed E-state index contributed by atoms with van der Waals surface area (Å²) < 4.78 is 5.57. The Morgan fingerprint density at radius 3 is 2.67 bits per heavy atom. The van der Waals surface area contributed by atoms with Crippen molar-refractivity contribution < 1.29 is 14.3 Å². The summed E-state index contributed by atoms with van der Waals surface area (Å²) in [5, 5.41) is 2.83. The highest BCUT2D eigenvalue weighted by atomic mass is 16.5. The van der Waals surface area contributed by atoms with Crippen LogP contribution in [0.25, 0.3) is 0 Å². The lowest BCUT2D eigenvalue weighted by Crippen LogP contribution is -2.49. The van der Waals surface area contributed by atoms with Crippen LogP contribution in [-0.4, -0.2) is 59.0 Å². The van der Waals surface area contributed by atoms with E-state index in [1.165, 1.54) is 13.3 Å². The molecular weight excluding hydrogens is 272 g/mol. The van der Waals surface area contributed by atoms with Crippen molar-refractivity contribution in [3.05, 3.63) is 23.3 Å². The summed E-state index contributed by atoms with van der Waals surface area (Å²) >= 11 is 0. The van der Waals surface area contributed by atoms with Crippen LogP contribution in [0, 0.1) is 13.8 Å². The zero-order valence-electron chi connectivity index (χ0n) is 12.5. The Hall–Kier alpha value is -2.02. The minimum absolute atomic E-state index is 0.0257. The maximum atomic E-state index is 12.2. The van der Waals surface area contributed by atoms with Gasteiger partial charge in [0.1, 0.15) is 6.33 Å². The molecule has 21 heavy (non-hydrogen) atoms. The van der Waals surface area contributed by atoms with E-state index < -0.39 is 0 Å². The molecule has 0 aliphatic carbocycles. The van der Waals surface area contributed by atoms with Gasteiger partial charge in [0.15, 0.2) is 0 Å². The summed E-state index contributed by atoms with van der Waals surface area (Å²) in [6.07, 6.45) is 1.26. The van der Waals surface area contributed by atoms with Crippen molar-refractivity contribution in [2.45, 2.75) is 26.9 Å². The monoisotopic (exact) mass is 292 g/mol. The average molecular weight is 292 g/mol. The third-order valence-electron chi connectivity index (χ3n) is 3.53. The second kappa shape index (κ2) is 6.62. The third kappa shape index (κ3) is 3.75. The maximum absolute atomic E-state index is 12.2. The first-order chi connectivity index (χ1) is 9.99. The van der Waals surface area contributed by atoms with Crippen LogP contribution in [0.1, 0.15) is 28.7 Å². The van der Waals surface area contributed by atoms with Crippen LogP contribution in [0.4, 0.5) is 0 Å². The van der Waals surface area contributed by atoms with Gasteiger partial charge in [0.05, 0.1) is 29.7 Å². The molecule has 114 valence electrons. The molecule has 0 bridgehead atoms. The van der Waals surface area contributed by atoms with Crippen molar-refractivity contribution >= 4 is 11.8 Å². The first kappa shape index (κ1) is 15.4. The minimum atomic E-state index is -0.214. The fourth-order valence-corrected chi connectivity index (χ4v) is 2.35. The summed E-state index contributed by atoms with van der Waals surface area (Å²) in [6.45, 7) is 7.04. The number of amides is 2. The molecule has 1 aliphatic heterocycles. The average Bonchev–Trinajstić information content (AvgIpc) is 2.45. The number of rotatable bonds is 3. The Labute approximate surface area is 123 Å². The Morgan fingerprint density at radius 2 is 2.05 bits per heavy atom. The third-order valence-corrected chi connectivity index (χ3v) is 3.53. The lowest BCUT2D eigenvalue weighted by molar-refractivity contribution is -0.136. The maximum Gasteiger partial charge on any atom is 0.255 e. The Kier molecular flexibility index (Phi) is 4.85. The molecular formula is C14H20N4O3. The van der Waals surface area contributed by atoms with E-state index in [0.29, 0.717) is 43.2 Å². The van der Waals surface area contributed by atoms with Crippen LogP contribution in [0.15, 0.2) is 6.33 Å². The molecule has 7 nitrogen and oxygen atoms in total. The number of carbonyl (C=O) groups is 2. The van der Waals surface area contributed by atoms with Crippen molar-refractivity contribution in [2.75, 3.05) is 26.2 Å². The van der Waals surface area contributed by atoms with Crippen molar-refractivity contribution in [1.82, 2.24) is 20.2 Å². The summed E-state index contributed by atoms with van der Waals surface area (Å²) in [6, 6.07) is 0. The highest BCUT2D eigenvalue weighted by Gasteiger charge is 2.23. The van der Waals surface area contributed by atoms with E-state index in [9.17, 15) is 9.59 Å². The van der Waals surface area contributed by atoms with E-state index in [4.69, 9.17) is 4.74 Å². The lowest BCUT2D eigenvalue weighted by Gasteiger charge is -2.32. The highest BCUT2D eigenvalue weighted by Crippen LogP contribution is 2.09. The number of aryl methyl sites for hydroxylation is 2. The largest absolute Gasteiger partial charge is 0.373 e. The molecule has 1 aromatic heterocycles. The fraction of sp³-hybridized carbons (Fsp3) is 0.571. The van der Waals surface area contributed by atoms with Crippen LogP contribution in [0.5, 0.6) is 0 Å². The van der Waals surface area contributed by atoms with Crippen molar-refractivity contribution in [1.29, 1.82) is 0 Å². The van der Waals surface area contributed by atoms with Crippen LogP contribution in [0.3, 0.4) is 0 Å². The number of nitrogens with one attached hydrogen (secondary N) is 1. The molecule has 0 spiro atoms. The number of hydrogen-bond acceptors (Lipinski definition) is 5. The van der Waals surface area contributed by atoms with Crippen LogP contribution in [-0.2, 0) is 9.53 Å². The molecule has 1 N–H and O–H groups in total. The molecule has 1 aromatic rings. The Bertz CT molecular complexity index is 527. The van der Waals surface area contributed by atoms with E-state index in [0.717, 1.165) is 0 Å². The van der Waals surface area contributed by atoms with Crippen molar-refractivity contribution in [3.63, 3.8) is 0 Å². The summed E-state index contributed by atoms with van der Waals surface area (Å²) in [4.78, 5) is 33.4. The smallest absolute Gasteiger partial charge is 0.255 e. The predicted molar refractivity (Wildman–Crippen MR) is 75.8 cm³/mol. The molecule has 2 heterocycles. The normalized spacial score (nSPS) is 18.4. The molecule has 2 rings (SSSR count). The molecule has 1 aliphatic rings. The Morgan fingerprint density at radius 1 is 1.38 bits per heavy atom. The summed E-state index contributed by atoms with van der Waals surface area (Å²) in [5.41, 5.74) is 1.79. The molecule has 0 saturated carbocycles. The van der Waals surface area contributed by atoms with Gasteiger partial charge in [-0.25, -0.2) is 9.97 Å². The quantitative estimate of drug-likeness (QED) is 0.852. The van der Waals surface area contributed by atoms with Crippen LogP contribution in [0.2, 0.25) is 0 Å². The molecule has 0 radical (unpaired) electrons. The van der Waals surface area contributed by atoms with Gasteiger partial charge in [-0.3, -0.25) is 9.59 Å². The van der Waals surface area contributed by atoms with Gasteiger partial charge < -0.3 is 15.0 Å². The predicted octanol–water partition coefficient (Wildman–Crippen LogP) is 0.0705. The van der Waals surface area contributed by atoms with Crippen LogP contribution >= 0.6 is 0 Å². The van der Waals surface area contributed by atoms with Gasteiger partial charge >= 0.3 is 0 Å². The number of morpholine rings is 1. The van der Waals surface area contributed by atoms with E-state index in [-0.39, 0.29) is 17.9 Å². The van der Waals surface area contributed by atoms with E-state index in [2.05, 4.69) is 15.3 Å². The number of carbonyl (C=O) groups excluding carboxylic acids is 2. The molecule has 1 fully saturated rings. The van der Waals surface area contributed by atoms with Gasteiger partial charge in [0.25, 0.3) is 5.91 Å². The first-order valence-electron chi connectivity index (χ1n) is 6.92. The Balaban J connectivity index is 1.94. The van der Waals surface area contributed by atoms with Crippen molar-refractivity contribution in [2.24, 2.45) is 0 Å². The second-order valence-corrected chi connectivity index (χ2v) is 5.09. The summed E-state index contributed by atoms with van der Waals surface area (Å²) in [5.74, 6) is -0.188. The van der Waals surface area contributed by atoms with E-state index in [1.54, 1.807) is 18.7 Å². The van der Waals surface area contributed by atoms with Gasteiger partial charge in [-0.15, -0.1) is 0 Å². The van der Waals surface area contributed by atoms with Crippen molar-refractivity contribution in [3.8, 4) is 0 Å². The zero-order valence-corrected chi connectivity index (χ0v) is 12.5. The summed E-state index contributed by atoms with van der Waals surface area (Å²) in [7, 11) is 0. The van der Waals surface area contributed by atoms with Gasteiger partial charge in [0, 0.05) is 26.6 Å². The van der Waals surface area contributed by atoms with E-state index in [1.807, 2.05) is 0 Å². The number of aromatic nitrogens is 2. The number of hydrogen-bond donors (Lipinski definition) is 1. The van der Waals surface area contributed by atoms with Gasteiger partial charge in [-0.1, -0.05) is 0 Å². The number of nitrogens with zero attached hydrogens (tertiary/aromatic N) is 3. The lowest BCUT2D eigenvalue weighted by atomic mass is 10.1. The molecule has 1 saturated heterocycles. The molecule has 7 heteroatoms. The molecule has 2 amide bonds. The molecule has 0 aromatic carbocycles. The molecule has 1 atom stereocenters. The topological polar surface area (TPSA) is 84.4 Å². The number of ether oxygens (including phenoxy) is 1. The minimum Gasteiger partial charge on any atom is -0.373 e. The van der Waals surface area contributed by atoms with E-state index >= 15 is 0 Å². The SMILES string of the molecule is CC(=O)N1CCO[C@H](CNC(=O)c2c(C)ncnc2C)C1.